The molecule has 0 saturated carbocycles. The minimum absolute atomic E-state index is 0.00259. The van der Waals surface area contributed by atoms with Gasteiger partial charge in [-0.05, 0) is 47.1 Å². The fraction of sp³-hybridized carbons (Fsp3) is 0.522. The van der Waals surface area contributed by atoms with Gasteiger partial charge < -0.3 is 19.3 Å². The summed E-state index contributed by atoms with van der Waals surface area (Å²) in [6.45, 7) is 10.1. The van der Waals surface area contributed by atoms with Crippen LogP contribution in [-0.4, -0.2) is 64.9 Å². The molecule has 0 aliphatic heterocycles. The Hall–Kier alpha value is -2.87. The van der Waals surface area contributed by atoms with E-state index >= 15 is 0 Å². The highest BCUT2D eigenvalue weighted by atomic mass is 16.6. The van der Waals surface area contributed by atoms with Crippen LogP contribution in [0.5, 0.6) is 0 Å². The summed E-state index contributed by atoms with van der Waals surface area (Å²) in [5.41, 5.74) is -2.56. The quantitative estimate of drug-likeness (QED) is 0.660. The molecule has 0 fully saturated rings. The van der Waals surface area contributed by atoms with Gasteiger partial charge in [0, 0.05) is 7.05 Å². The number of amides is 1. The third kappa shape index (κ3) is 4.90. The van der Waals surface area contributed by atoms with E-state index in [2.05, 4.69) is 0 Å². The molecular weight excluding hydrogens is 402 g/mol. The van der Waals surface area contributed by atoms with E-state index in [9.17, 15) is 19.5 Å². The van der Waals surface area contributed by atoms with Crippen LogP contribution in [0.1, 0.15) is 47.1 Å². The maximum Gasteiger partial charge on any atom is 0.410 e. The summed E-state index contributed by atoms with van der Waals surface area (Å²) in [5.74, 6) is -1.75. The average Bonchev–Trinajstić information content (AvgIpc) is 2.67. The first-order valence-electron chi connectivity index (χ1n) is 10.2. The van der Waals surface area contributed by atoms with E-state index in [1.165, 1.54) is 7.05 Å². The van der Waals surface area contributed by atoms with Crippen molar-refractivity contribution < 1.29 is 33.7 Å². The second-order valence-electron chi connectivity index (χ2n) is 8.58. The molecule has 1 aliphatic carbocycles. The van der Waals surface area contributed by atoms with Gasteiger partial charge in [0.15, 0.2) is 11.8 Å². The number of benzene rings is 1. The molecule has 1 aromatic carbocycles. The van der Waals surface area contributed by atoms with Gasteiger partial charge in [0.25, 0.3) is 0 Å². The summed E-state index contributed by atoms with van der Waals surface area (Å²) in [6.07, 6.45) is -1.29. The zero-order valence-corrected chi connectivity index (χ0v) is 19.1. The Morgan fingerprint density at radius 3 is 2.23 bits per heavy atom. The molecule has 0 spiro atoms. The van der Waals surface area contributed by atoms with E-state index in [-0.39, 0.29) is 17.9 Å². The molecule has 0 aromatic heterocycles. The number of hydrogen-bond donors (Lipinski definition) is 1. The highest BCUT2D eigenvalue weighted by molar-refractivity contribution is 6.35. The lowest BCUT2D eigenvalue weighted by Crippen LogP contribution is -2.67. The van der Waals surface area contributed by atoms with Gasteiger partial charge in [-0.15, -0.1) is 0 Å². The van der Waals surface area contributed by atoms with Gasteiger partial charge in [0.05, 0.1) is 18.3 Å². The van der Waals surface area contributed by atoms with Gasteiger partial charge in [-0.3, -0.25) is 9.69 Å². The normalized spacial score (nSPS) is 19.6. The van der Waals surface area contributed by atoms with Crippen LogP contribution >= 0.6 is 0 Å². The summed E-state index contributed by atoms with van der Waals surface area (Å²) in [7, 11) is 1.27. The highest BCUT2D eigenvalue weighted by Crippen LogP contribution is 2.46. The minimum Gasteiger partial charge on any atom is -0.491 e. The zero-order chi connectivity index (χ0) is 23.6. The molecule has 1 aliphatic rings. The van der Waals surface area contributed by atoms with Crippen LogP contribution in [0.25, 0.3) is 5.57 Å². The smallest absolute Gasteiger partial charge is 0.410 e. The molecule has 1 N–H and O–H groups in total. The number of ketones is 1. The first-order chi connectivity index (χ1) is 14.3. The minimum atomic E-state index is -2.41. The molecule has 0 unspecified atom stereocenters. The maximum atomic E-state index is 13.3. The molecule has 2 atom stereocenters. The number of carbonyl (C=O) groups is 3. The van der Waals surface area contributed by atoms with Crippen molar-refractivity contribution in [2.45, 2.75) is 64.9 Å². The number of esters is 1. The second-order valence-corrected chi connectivity index (χ2v) is 8.58. The van der Waals surface area contributed by atoms with Crippen LogP contribution in [-0.2, 0) is 23.8 Å². The number of rotatable bonds is 7. The lowest BCUT2D eigenvalue weighted by Gasteiger charge is -2.46. The number of ether oxygens (including phenoxy) is 3. The van der Waals surface area contributed by atoms with E-state index in [1.54, 1.807) is 71.9 Å². The first kappa shape index (κ1) is 24.4. The summed E-state index contributed by atoms with van der Waals surface area (Å²) in [5, 5.41) is 11.5. The van der Waals surface area contributed by atoms with E-state index < -0.39 is 41.2 Å². The Morgan fingerprint density at radius 2 is 1.74 bits per heavy atom. The summed E-state index contributed by atoms with van der Waals surface area (Å²) < 4.78 is 16.2. The van der Waals surface area contributed by atoms with E-state index in [4.69, 9.17) is 14.2 Å². The number of aliphatic hydroxyl groups is 1. The van der Waals surface area contributed by atoms with E-state index in [1.807, 2.05) is 0 Å². The lowest BCUT2D eigenvalue weighted by molar-refractivity contribution is -0.168. The summed E-state index contributed by atoms with van der Waals surface area (Å²) >= 11 is 0. The third-order valence-electron chi connectivity index (χ3n) is 4.54. The van der Waals surface area contributed by atoms with Crippen LogP contribution in [0, 0.1) is 0 Å². The lowest BCUT2D eigenvalue weighted by atomic mass is 9.70. The summed E-state index contributed by atoms with van der Waals surface area (Å²) in [4.78, 5) is 39.7. The Balaban J connectivity index is 2.60. The predicted octanol–water partition coefficient (Wildman–Crippen LogP) is 2.94. The fourth-order valence-corrected chi connectivity index (χ4v) is 3.29. The fourth-order valence-electron chi connectivity index (χ4n) is 3.29. The molecule has 0 saturated heterocycles. The van der Waals surface area contributed by atoms with Crippen molar-refractivity contribution >= 4 is 23.4 Å². The van der Waals surface area contributed by atoms with Crippen LogP contribution in [0.3, 0.4) is 0 Å². The topological polar surface area (TPSA) is 102 Å². The van der Waals surface area contributed by atoms with E-state index in [0.717, 1.165) is 4.90 Å². The van der Waals surface area contributed by atoms with Crippen molar-refractivity contribution in [2.24, 2.45) is 0 Å². The third-order valence-corrected chi connectivity index (χ3v) is 4.54. The average molecular weight is 434 g/mol. The monoisotopic (exact) mass is 433 g/mol. The maximum absolute atomic E-state index is 13.3. The standard InChI is InChI=1S/C23H31NO7/c1-8-29-20(26)17(24(7)21(27)31-22(4,5)6)23(28)18(25)16(19(23)30-14(2)3)15-12-10-9-11-13-15/h9-14,17,28H,8H2,1-7H3/t17-,23+/m0/s1. The van der Waals surface area contributed by atoms with Gasteiger partial charge in [-0.25, -0.2) is 9.59 Å². The second kappa shape index (κ2) is 9.09. The van der Waals surface area contributed by atoms with Gasteiger partial charge in [-0.2, -0.15) is 0 Å². The van der Waals surface area contributed by atoms with Gasteiger partial charge in [-0.1, -0.05) is 30.3 Å². The van der Waals surface area contributed by atoms with Crippen molar-refractivity contribution in [1.82, 2.24) is 4.90 Å². The molecule has 2 rings (SSSR count). The Morgan fingerprint density at radius 1 is 1.16 bits per heavy atom. The highest BCUT2D eigenvalue weighted by Gasteiger charge is 2.65. The largest absolute Gasteiger partial charge is 0.491 e. The van der Waals surface area contributed by atoms with Crippen molar-refractivity contribution in [3.8, 4) is 0 Å². The molecule has 0 bridgehead atoms. The van der Waals surface area contributed by atoms with Crippen molar-refractivity contribution in [3.63, 3.8) is 0 Å². The number of carbonyl (C=O) groups excluding carboxylic acids is 3. The van der Waals surface area contributed by atoms with Crippen LogP contribution in [0.4, 0.5) is 4.79 Å². The molecule has 1 amide bonds. The van der Waals surface area contributed by atoms with Gasteiger partial charge >= 0.3 is 12.1 Å². The first-order valence-corrected chi connectivity index (χ1v) is 10.2. The molecule has 0 heterocycles. The van der Waals surface area contributed by atoms with Crippen LogP contribution in [0.15, 0.2) is 36.1 Å². The van der Waals surface area contributed by atoms with Crippen molar-refractivity contribution in [3.05, 3.63) is 41.7 Å². The van der Waals surface area contributed by atoms with Gasteiger partial charge in [0.2, 0.25) is 11.4 Å². The number of nitrogens with zero attached hydrogens (tertiary/aromatic N) is 1. The Kier molecular flexibility index (Phi) is 7.16. The molecule has 170 valence electrons. The van der Waals surface area contributed by atoms with Crippen molar-refractivity contribution in [2.75, 3.05) is 13.7 Å². The zero-order valence-electron chi connectivity index (χ0n) is 19.1. The molecule has 0 radical (unpaired) electrons. The Labute approximate surface area is 182 Å². The number of Topliss-reactive ketones (excluding diaryl/α,β-unsaturated/α-hetero) is 1. The summed E-state index contributed by atoms with van der Waals surface area (Å²) in [6, 6.07) is 7.00. The molecule has 8 nitrogen and oxygen atoms in total. The Bertz CT molecular complexity index is 870. The van der Waals surface area contributed by atoms with Crippen LogP contribution < -0.4 is 0 Å². The van der Waals surface area contributed by atoms with Crippen LogP contribution in [0.2, 0.25) is 0 Å². The molecule has 8 heteroatoms. The van der Waals surface area contributed by atoms with E-state index in [0.29, 0.717) is 5.56 Å². The molecule has 1 aromatic rings. The van der Waals surface area contributed by atoms with Crippen molar-refractivity contribution in [1.29, 1.82) is 0 Å². The SMILES string of the molecule is CCOC(=O)[C@H](N(C)C(=O)OC(C)(C)C)[C@@]1(O)C(=O)C(c2ccccc2)=C1OC(C)C. The van der Waals surface area contributed by atoms with Gasteiger partial charge in [0.1, 0.15) is 5.60 Å². The number of likely N-dealkylation sites (N-methyl/N-ethyl adjacent to an activating group) is 1. The predicted molar refractivity (Wildman–Crippen MR) is 114 cm³/mol. The molecule has 31 heavy (non-hydrogen) atoms. The number of hydrogen-bond acceptors (Lipinski definition) is 7. The molecular formula is C23H31NO7.